The van der Waals surface area contributed by atoms with Crippen LogP contribution in [-0.4, -0.2) is 50.2 Å². The summed E-state index contributed by atoms with van der Waals surface area (Å²) >= 11 is 0. The van der Waals surface area contributed by atoms with Crippen LogP contribution >= 0.6 is 0 Å². The van der Waals surface area contributed by atoms with Gasteiger partial charge in [0.05, 0.1) is 0 Å². The van der Waals surface area contributed by atoms with E-state index in [2.05, 4.69) is 47.2 Å². The maximum Gasteiger partial charge on any atom is 0.0446 e. The number of rotatable bonds is 4. The molecule has 0 radical (unpaired) electrons. The Balaban J connectivity index is 2.19. The Bertz CT molecular complexity index is 403. The first kappa shape index (κ1) is 13.3. The molecule has 18 heavy (non-hydrogen) atoms. The largest absolute Gasteiger partial charge is 0.370 e. The molecule has 0 bridgehead atoms. The van der Waals surface area contributed by atoms with Gasteiger partial charge in [0.1, 0.15) is 0 Å². The summed E-state index contributed by atoms with van der Waals surface area (Å²) in [7, 11) is 6.32. The second-order valence-electron chi connectivity index (χ2n) is 5.34. The molecule has 0 aromatic carbocycles. The van der Waals surface area contributed by atoms with Gasteiger partial charge in [0.25, 0.3) is 0 Å². The molecule has 2 heterocycles. The smallest absolute Gasteiger partial charge is 0.0446 e. The zero-order valence-corrected chi connectivity index (χ0v) is 11.9. The third kappa shape index (κ3) is 2.82. The van der Waals surface area contributed by atoms with Crippen molar-refractivity contribution in [3.63, 3.8) is 0 Å². The fourth-order valence-electron chi connectivity index (χ4n) is 2.58. The van der Waals surface area contributed by atoms with Crippen LogP contribution in [0.4, 0.5) is 5.69 Å². The molecule has 0 aliphatic carbocycles. The van der Waals surface area contributed by atoms with Crippen molar-refractivity contribution in [1.29, 1.82) is 0 Å². The van der Waals surface area contributed by atoms with E-state index in [0.29, 0.717) is 6.04 Å². The highest BCUT2D eigenvalue weighted by Crippen LogP contribution is 2.26. The predicted octanol–water partition coefficient (Wildman–Crippen LogP) is 1.25. The number of hydrogen-bond donors (Lipinski definition) is 1. The van der Waals surface area contributed by atoms with Crippen LogP contribution in [-0.2, 0) is 6.54 Å². The third-order valence-corrected chi connectivity index (χ3v) is 3.70. The molecule has 1 fully saturated rings. The Morgan fingerprint density at radius 3 is 2.89 bits per heavy atom. The van der Waals surface area contributed by atoms with E-state index in [1.165, 1.54) is 17.7 Å². The Labute approximate surface area is 110 Å². The van der Waals surface area contributed by atoms with Crippen molar-refractivity contribution >= 4 is 5.69 Å². The summed E-state index contributed by atoms with van der Waals surface area (Å²) in [5.74, 6) is 0. The first-order valence-electron chi connectivity index (χ1n) is 6.63. The van der Waals surface area contributed by atoms with E-state index in [9.17, 15) is 0 Å². The SMILES string of the molecule is CNCc1cnc(C)cc1N1CCC(N(C)C)C1. The van der Waals surface area contributed by atoms with E-state index in [4.69, 9.17) is 0 Å². The molecule has 1 aromatic rings. The highest BCUT2D eigenvalue weighted by molar-refractivity contribution is 5.54. The minimum Gasteiger partial charge on any atom is -0.370 e. The molecular weight excluding hydrogens is 224 g/mol. The van der Waals surface area contributed by atoms with Crippen molar-refractivity contribution in [1.82, 2.24) is 15.2 Å². The van der Waals surface area contributed by atoms with Crippen LogP contribution in [0.2, 0.25) is 0 Å². The van der Waals surface area contributed by atoms with E-state index in [1.807, 2.05) is 13.2 Å². The molecule has 1 atom stereocenters. The highest BCUT2D eigenvalue weighted by atomic mass is 15.2. The van der Waals surface area contributed by atoms with Crippen LogP contribution < -0.4 is 10.2 Å². The normalized spacial score (nSPS) is 19.8. The quantitative estimate of drug-likeness (QED) is 0.869. The van der Waals surface area contributed by atoms with E-state index in [1.54, 1.807) is 0 Å². The Kier molecular flexibility index (Phi) is 4.19. The van der Waals surface area contributed by atoms with Crippen molar-refractivity contribution in [3.8, 4) is 0 Å². The number of likely N-dealkylation sites (N-methyl/N-ethyl adjacent to an activating group) is 1. The van der Waals surface area contributed by atoms with Gasteiger partial charge < -0.3 is 15.1 Å². The molecule has 1 unspecified atom stereocenters. The van der Waals surface area contributed by atoms with E-state index in [0.717, 1.165) is 25.3 Å². The second kappa shape index (κ2) is 5.67. The third-order valence-electron chi connectivity index (χ3n) is 3.70. The molecular formula is C14H24N4. The van der Waals surface area contributed by atoms with Crippen molar-refractivity contribution < 1.29 is 0 Å². The minimum atomic E-state index is 0.668. The van der Waals surface area contributed by atoms with Crippen molar-refractivity contribution in [3.05, 3.63) is 23.5 Å². The van der Waals surface area contributed by atoms with Gasteiger partial charge in [0, 0.05) is 48.8 Å². The van der Waals surface area contributed by atoms with Gasteiger partial charge in [-0.25, -0.2) is 0 Å². The molecule has 0 saturated carbocycles. The number of aryl methyl sites for hydroxylation is 1. The molecule has 0 spiro atoms. The lowest BCUT2D eigenvalue weighted by Gasteiger charge is -2.24. The number of hydrogen-bond acceptors (Lipinski definition) is 4. The van der Waals surface area contributed by atoms with E-state index in [-0.39, 0.29) is 0 Å². The average Bonchev–Trinajstić information content (AvgIpc) is 2.81. The second-order valence-corrected chi connectivity index (χ2v) is 5.34. The van der Waals surface area contributed by atoms with Crippen LogP contribution in [0.3, 0.4) is 0 Å². The van der Waals surface area contributed by atoms with Gasteiger partial charge in [0.15, 0.2) is 0 Å². The number of nitrogens with one attached hydrogen (secondary N) is 1. The number of aromatic nitrogens is 1. The molecule has 1 N–H and O–H groups in total. The van der Waals surface area contributed by atoms with Crippen LogP contribution in [0.15, 0.2) is 12.3 Å². The molecule has 1 aliphatic rings. The predicted molar refractivity (Wildman–Crippen MR) is 76.0 cm³/mol. The molecule has 100 valence electrons. The number of pyridine rings is 1. The summed E-state index contributed by atoms with van der Waals surface area (Å²) < 4.78 is 0. The summed E-state index contributed by atoms with van der Waals surface area (Å²) in [6.45, 7) is 5.20. The monoisotopic (exact) mass is 248 g/mol. The maximum atomic E-state index is 4.41. The average molecular weight is 248 g/mol. The topological polar surface area (TPSA) is 31.4 Å². The highest BCUT2D eigenvalue weighted by Gasteiger charge is 2.25. The van der Waals surface area contributed by atoms with Crippen LogP contribution in [0, 0.1) is 6.92 Å². The van der Waals surface area contributed by atoms with E-state index < -0.39 is 0 Å². The standard InChI is InChI=1S/C14H24N4/c1-11-7-14(12(8-15-2)9-16-11)18-6-5-13(10-18)17(3)4/h7,9,13,15H,5-6,8,10H2,1-4H3. The van der Waals surface area contributed by atoms with E-state index >= 15 is 0 Å². The summed E-state index contributed by atoms with van der Waals surface area (Å²) in [5, 5.41) is 3.22. The van der Waals surface area contributed by atoms with Gasteiger partial charge in [0.2, 0.25) is 0 Å². The Hall–Kier alpha value is -1.13. The molecule has 4 heteroatoms. The van der Waals surface area contributed by atoms with Gasteiger partial charge in [-0.3, -0.25) is 4.98 Å². The van der Waals surface area contributed by atoms with Crippen molar-refractivity contribution in [2.75, 3.05) is 39.1 Å². The number of anilines is 1. The fourth-order valence-corrected chi connectivity index (χ4v) is 2.58. The zero-order chi connectivity index (χ0) is 13.1. The fraction of sp³-hybridized carbons (Fsp3) is 0.643. The zero-order valence-electron chi connectivity index (χ0n) is 11.9. The lowest BCUT2D eigenvalue weighted by Crippen LogP contribution is -2.32. The van der Waals surface area contributed by atoms with Crippen LogP contribution in [0.1, 0.15) is 17.7 Å². The van der Waals surface area contributed by atoms with Gasteiger partial charge in [-0.05, 0) is 40.6 Å². The molecule has 0 amide bonds. The summed E-state index contributed by atoms with van der Waals surface area (Å²) in [5.41, 5.74) is 3.74. The Morgan fingerprint density at radius 2 is 2.28 bits per heavy atom. The molecule has 2 rings (SSSR count). The van der Waals surface area contributed by atoms with Crippen molar-refractivity contribution in [2.45, 2.75) is 25.9 Å². The first-order chi connectivity index (χ1) is 8.61. The van der Waals surface area contributed by atoms with Crippen molar-refractivity contribution in [2.24, 2.45) is 0 Å². The van der Waals surface area contributed by atoms with Crippen LogP contribution in [0.5, 0.6) is 0 Å². The lowest BCUT2D eigenvalue weighted by molar-refractivity contribution is 0.315. The molecule has 1 aliphatic heterocycles. The molecule has 1 aromatic heterocycles. The molecule has 4 nitrogen and oxygen atoms in total. The van der Waals surface area contributed by atoms with Gasteiger partial charge in [-0.1, -0.05) is 0 Å². The molecule has 1 saturated heterocycles. The van der Waals surface area contributed by atoms with Gasteiger partial charge >= 0.3 is 0 Å². The van der Waals surface area contributed by atoms with Gasteiger partial charge in [-0.2, -0.15) is 0 Å². The summed E-state index contributed by atoms with van der Waals surface area (Å²) in [6, 6.07) is 2.88. The minimum absolute atomic E-state index is 0.668. The van der Waals surface area contributed by atoms with Gasteiger partial charge in [-0.15, -0.1) is 0 Å². The number of nitrogens with zero attached hydrogens (tertiary/aromatic N) is 3. The summed E-state index contributed by atoms with van der Waals surface area (Å²) in [6.07, 6.45) is 3.25. The first-order valence-corrected chi connectivity index (χ1v) is 6.63. The summed E-state index contributed by atoms with van der Waals surface area (Å²) in [4.78, 5) is 9.22. The van der Waals surface area contributed by atoms with Crippen LogP contribution in [0.25, 0.3) is 0 Å². The maximum absolute atomic E-state index is 4.41. The lowest BCUT2D eigenvalue weighted by atomic mass is 10.2. The Morgan fingerprint density at radius 1 is 1.50 bits per heavy atom.